The minimum atomic E-state index is -2.61. The molecule has 0 aliphatic heterocycles. The molecular formula is C39H76O7. The second-order valence-corrected chi connectivity index (χ2v) is 13.8. The van der Waals surface area contributed by atoms with Crippen LogP contribution < -0.4 is 0 Å². The number of unbranched alkanes of at least 4 members (excludes halogenated alkanes) is 27. The number of aliphatic hydroxyl groups excluding tert-OH is 1. The van der Waals surface area contributed by atoms with Crippen molar-refractivity contribution in [3.63, 3.8) is 0 Å². The zero-order valence-electron chi connectivity index (χ0n) is 30.4. The summed E-state index contributed by atoms with van der Waals surface area (Å²) in [5, 5.41) is 29.9. The van der Waals surface area contributed by atoms with Crippen molar-refractivity contribution in [2.24, 2.45) is 0 Å². The molecule has 0 fully saturated rings. The van der Waals surface area contributed by atoms with Crippen LogP contribution in [-0.2, 0) is 19.1 Å². The van der Waals surface area contributed by atoms with E-state index in [0.717, 1.165) is 38.5 Å². The number of esters is 2. The standard InChI is InChI=1S/C39H76O7/c1-3-5-7-9-11-13-15-17-19-20-22-24-26-28-30-32-37(41)45-35-36(34-40)46-38(42)39(43,44)33-31-29-27-25-23-21-18-16-14-12-10-8-6-4-2/h36,40,43-44H,3-35H2,1-2H3. The molecule has 1 atom stereocenters. The first-order valence-electron chi connectivity index (χ1n) is 19.8. The molecule has 7 nitrogen and oxygen atoms in total. The van der Waals surface area contributed by atoms with Gasteiger partial charge < -0.3 is 24.8 Å². The minimum absolute atomic E-state index is 0.124. The summed E-state index contributed by atoms with van der Waals surface area (Å²) in [6, 6.07) is 0. The van der Waals surface area contributed by atoms with Gasteiger partial charge in [-0.15, -0.1) is 0 Å². The molecule has 0 aromatic rings. The zero-order chi connectivity index (χ0) is 34.0. The quantitative estimate of drug-likeness (QED) is 0.0349. The van der Waals surface area contributed by atoms with E-state index in [-0.39, 0.29) is 19.4 Å². The minimum Gasteiger partial charge on any atom is -0.462 e. The van der Waals surface area contributed by atoms with Crippen LogP contribution >= 0.6 is 0 Å². The van der Waals surface area contributed by atoms with Crippen LogP contribution in [0, 0.1) is 0 Å². The van der Waals surface area contributed by atoms with E-state index in [1.54, 1.807) is 0 Å². The molecule has 0 saturated carbocycles. The van der Waals surface area contributed by atoms with Gasteiger partial charge in [-0.1, -0.05) is 187 Å². The van der Waals surface area contributed by atoms with Crippen LogP contribution in [0.4, 0.5) is 0 Å². The van der Waals surface area contributed by atoms with E-state index >= 15 is 0 Å². The van der Waals surface area contributed by atoms with Gasteiger partial charge in [-0.2, -0.15) is 0 Å². The molecule has 274 valence electrons. The Bertz CT molecular complexity index is 667. The van der Waals surface area contributed by atoms with Gasteiger partial charge in [-0.05, 0) is 12.8 Å². The van der Waals surface area contributed by atoms with Crippen molar-refractivity contribution in [2.75, 3.05) is 13.2 Å². The lowest BCUT2D eigenvalue weighted by Gasteiger charge is -2.23. The Morgan fingerprint density at radius 1 is 0.522 bits per heavy atom. The molecule has 46 heavy (non-hydrogen) atoms. The largest absolute Gasteiger partial charge is 0.462 e. The van der Waals surface area contributed by atoms with Crippen molar-refractivity contribution in [3.8, 4) is 0 Å². The summed E-state index contributed by atoms with van der Waals surface area (Å²) >= 11 is 0. The summed E-state index contributed by atoms with van der Waals surface area (Å²) in [6.45, 7) is 3.65. The maximum Gasteiger partial charge on any atom is 0.366 e. The predicted octanol–water partition coefficient (Wildman–Crippen LogP) is 10.2. The Morgan fingerprint density at radius 3 is 1.20 bits per heavy atom. The number of hydrogen-bond acceptors (Lipinski definition) is 7. The van der Waals surface area contributed by atoms with Crippen molar-refractivity contribution in [3.05, 3.63) is 0 Å². The number of ether oxygens (including phenoxy) is 2. The maximum absolute atomic E-state index is 12.3. The fraction of sp³-hybridized carbons (Fsp3) is 0.949. The molecule has 0 saturated heterocycles. The fourth-order valence-electron chi connectivity index (χ4n) is 5.94. The van der Waals surface area contributed by atoms with Gasteiger partial charge in [0.15, 0.2) is 6.10 Å². The maximum atomic E-state index is 12.3. The highest BCUT2D eigenvalue weighted by Crippen LogP contribution is 2.18. The Morgan fingerprint density at radius 2 is 0.848 bits per heavy atom. The second kappa shape index (κ2) is 33.7. The molecule has 7 heteroatoms. The SMILES string of the molecule is CCCCCCCCCCCCCCCCCC(=O)OCC(CO)OC(=O)C(O)(O)CCCCCCCCCCCCCCCC. The van der Waals surface area contributed by atoms with Crippen LogP contribution in [0.5, 0.6) is 0 Å². The van der Waals surface area contributed by atoms with E-state index in [0.29, 0.717) is 6.42 Å². The summed E-state index contributed by atoms with van der Waals surface area (Å²) in [5.41, 5.74) is 0. The molecule has 0 spiro atoms. The fourth-order valence-corrected chi connectivity index (χ4v) is 5.94. The molecule has 0 heterocycles. The van der Waals surface area contributed by atoms with Crippen LogP contribution in [0.25, 0.3) is 0 Å². The highest BCUT2D eigenvalue weighted by atomic mass is 16.6. The molecule has 0 aliphatic rings. The monoisotopic (exact) mass is 657 g/mol. The lowest BCUT2D eigenvalue weighted by Crippen LogP contribution is -2.43. The number of rotatable bonds is 36. The van der Waals surface area contributed by atoms with Gasteiger partial charge in [0.1, 0.15) is 6.61 Å². The normalized spacial score (nSPS) is 12.4. The number of aliphatic hydroxyl groups is 3. The Balaban J connectivity index is 3.74. The number of hydrogen-bond donors (Lipinski definition) is 3. The summed E-state index contributed by atoms with van der Waals surface area (Å²) in [7, 11) is 0. The molecule has 0 radical (unpaired) electrons. The molecule has 0 aromatic heterocycles. The molecular weight excluding hydrogens is 580 g/mol. The summed E-state index contributed by atoms with van der Waals surface area (Å²) in [6.07, 6.45) is 34.4. The van der Waals surface area contributed by atoms with Gasteiger partial charge in [0.2, 0.25) is 0 Å². The third-order valence-corrected chi connectivity index (χ3v) is 9.10. The molecule has 0 rings (SSSR count). The summed E-state index contributed by atoms with van der Waals surface area (Å²) in [5.74, 6) is -4.21. The van der Waals surface area contributed by atoms with E-state index in [1.165, 1.54) is 141 Å². The molecule has 3 N–H and O–H groups in total. The number of carbonyl (C=O) groups excluding carboxylic acids is 2. The third-order valence-electron chi connectivity index (χ3n) is 9.10. The molecule has 0 amide bonds. The average Bonchev–Trinajstić information content (AvgIpc) is 3.04. The molecule has 0 aliphatic carbocycles. The lowest BCUT2D eigenvalue weighted by atomic mass is 10.0. The summed E-state index contributed by atoms with van der Waals surface area (Å²) in [4.78, 5) is 24.4. The van der Waals surface area contributed by atoms with Crippen molar-refractivity contribution >= 4 is 11.9 Å². The molecule has 1 unspecified atom stereocenters. The number of carbonyl (C=O) groups is 2. The van der Waals surface area contributed by atoms with E-state index in [1.807, 2.05) is 0 Å². The first-order valence-corrected chi connectivity index (χ1v) is 19.8. The lowest BCUT2D eigenvalue weighted by molar-refractivity contribution is -0.219. The predicted molar refractivity (Wildman–Crippen MR) is 190 cm³/mol. The smallest absolute Gasteiger partial charge is 0.366 e. The molecule has 0 aromatic carbocycles. The Labute approximate surface area is 284 Å². The zero-order valence-corrected chi connectivity index (χ0v) is 30.4. The van der Waals surface area contributed by atoms with E-state index in [9.17, 15) is 24.9 Å². The van der Waals surface area contributed by atoms with Gasteiger partial charge >= 0.3 is 11.9 Å². The highest BCUT2D eigenvalue weighted by Gasteiger charge is 2.36. The van der Waals surface area contributed by atoms with Crippen molar-refractivity contribution in [2.45, 2.75) is 225 Å². The van der Waals surface area contributed by atoms with Gasteiger partial charge in [0, 0.05) is 12.8 Å². The van der Waals surface area contributed by atoms with E-state index in [2.05, 4.69) is 13.8 Å². The van der Waals surface area contributed by atoms with Crippen molar-refractivity contribution in [1.29, 1.82) is 0 Å². The van der Waals surface area contributed by atoms with Crippen LogP contribution in [0.1, 0.15) is 213 Å². The third kappa shape index (κ3) is 30.2. The molecule has 0 bridgehead atoms. The average molecular weight is 657 g/mol. The van der Waals surface area contributed by atoms with Crippen LogP contribution in [0.15, 0.2) is 0 Å². The van der Waals surface area contributed by atoms with Gasteiger partial charge in [-0.3, -0.25) is 4.79 Å². The Hall–Kier alpha value is -1.18. The van der Waals surface area contributed by atoms with Gasteiger partial charge in [0.25, 0.3) is 5.79 Å². The van der Waals surface area contributed by atoms with Crippen LogP contribution in [0.3, 0.4) is 0 Å². The topological polar surface area (TPSA) is 113 Å². The van der Waals surface area contributed by atoms with Crippen LogP contribution in [0.2, 0.25) is 0 Å². The van der Waals surface area contributed by atoms with Gasteiger partial charge in [-0.25, -0.2) is 4.79 Å². The first-order chi connectivity index (χ1) is 22.4. The second-order valence-electron chi connectivity index (χ2n) is 13.8. The highest BCUT2D eigenvalue weighted by molar-refractivity contribution is 5.77. The first kappa shape index (κ1) is 44.8. The Kier molecular flexibility index (Phi) is 32.8. The van der Waals surface area contributed by atoms with Gasteiger partial charge in [0.05, 0.1) is 6.61 Å². The van der Waals surface area contributed by atoms with E-state index < -0.39 is 30.4 Å². The van der Waals surface area contributed by atoms with Crippen LogP contribution in [-0.4, -0.2) is 52.4 Å². The van der Waals surface area contributed by atoms with Crippen molar-refractivity contribution in [1.82, 2.24) is 0 Å². The van der Waals surface area contributed by atoms with Crippen molar-refractivity contribution < 1.29 is 34.4 Å². The summed E-state index contributed by atoms with van der Waals surface area (Å²) < 4.78 is 10.2. The van der Waals surface area contributed by atoms with E-state index in [4.69, 9.17) is 9.47 Å².